The summed E-state index contributed by atoms with van der Waals surface area (Å²) in [7, 11) is 0. The third-order valence-corrected chi connectivity index (χ3v) is 2.35. The quantitative estimate of drug-likeness (QED) is 0.729. The number of hydrogen-bond donors (Lipinski definition) is 1. The molecule has 94 valence electrons. The van der Waals surface area contributed by atoms with E-state index in [1.165, 1.54) is 22.9 Å². The molecule has 1 aromatic rings. The maximum atomic E-state index is 11.4. The first kappa shape index (κ1) is 13.4. The van der Waals surface area contributed by atoms with E-state index in [0.29, 0.717) is 19.8 Å². The Labute approximate surface area is 99.6 Å². The van der Waals surface area contributed by atoms with Gasteiger partial charge >= 0.3 is 5.97 Å². The molecule has 0 saturated carbocycles. The summed E-state index contributed by atoms with van der Waals surface area (Å²) < 4.78 is 6.68. The van der Waals surface area contributed by atoms with Crippen LogP contribution in [0.2, 0.25) is 0 Å². The van der Waals surface area contributed by atoms with Crippen molar-refractivity contribution in [1.82, 2.24) is 4.57 Å². The van der Waals surface area contributed by atoms with Gasteiger partial charge in [-0.25, -0.2) is 4.79 Å². The molecule has 1 heterocycles. The number of pyridine rings is 1. The van der Waals surface area contributed by atoms with Gasteiger partial charge in [-0.15, -0.1) is 0 Å². The van der Waals surface area contributed by atoms with E-state index < -0.39 is 5.97 Å². The van der Waals surface area contributed by atoms with Gasteiger partial charge in [0, 0.05) is 25.4 Å². The predicted octanol–water partition coefficient (Wildman–Crippen LogP) is 1.36. The molecule has 0 fully saturated rings. The Morgan fingerprint density at radius 1 is 1.41 bits per heavy atom. The van der Waals surface area contributed by atoms with Crippen molar-refractivity contribution in [3.63, 3.8) is 0 Å². The van der Waals surface area contributed by atoms with E-state index in [0.717, 1.165) is 12.8 Å². The van der Waals surface area contributed by atoms with Gasteiger partial charge in [0.2, 0.25) is 0 Å². The Hall–Kier alpha value is -1.62. The van der Waals surface area contributed by atoms with Crippen molar-refractivity contribution < 1.29 is 14.6 Å². The van der Waals surface area contributed by atoms with E-state index in [2.05, 4.69) is 6.92 Å². The number of unbranched alkanes of at least 4 members (excludes halogenated alkanes) is 1. The summed E-state index contributed by atoms with van der Waals surface area (Å²) in [6.45, 7) is 3.54. The maximum absolute atomic E-state index is 11.4. The Kier molecular flexibility index (Phi) is 5.42. The molecule has 5 nitrogen and oxygen atoms in total. The van der Waals surface area contributed by atoms with Crippen molar-refractivity contribution in [1.29, 1.82) is 0 Å². The van der Waals surface area contributed by atoms with Crippen molar-refractivity contribution in [2.45, 2.75) is 26.3 Å². The summed E-state index contributed by atoms with van der Waals surface area (Å²) in [5, 5.41) is 8.80. The maximum Gasteiger partial charge on any atom is 0.337 e. The zero-order chi connectivity index (χ0) is 12.7. The standard InChI is InChI=1S/C12H17NO4/c1-2-3-7-17-8-6-13-9-10(12(15)16)4-5-11(13)14/h4-5,9H,2-3,6-8H2,1H3,(H,15,16). The lowest BCUT2D eigenvalue weighted by Crippen LogP contribution is -2.22. The predicted molar refractivity (Wildman–Crippen MR) is 63.4 cm³/mol. The number of aromatic nitrogens is 1. The molecule has 1 aromatic heterocycles. The second-order valence-corrected chi connectivity index (χ2v) is 3.72. The first-order valence-electron chi connectivity index (χ1n) is 5.66. The van der Waals surface area contributed by atoms with Gasteiger partial charge < -0.3 is 14.4 Å². The molecule has 0 amide bonds. The third-order valence-electron chi connectivity index (χ3n) is 2.35. The molecule has 5 heteroatoms. The van der Waals surface area contributed by atoms with Gasteiger partial charge in [0.1, 0.15) is 0 Å². The van der Waals surface area contributed by atoms with Crippen LogP contribution in [0.15, 0.2) is 23.1 Å². The van der Waals surface area contributed by atoms with Gasteiger partial charge in [-0.2, -0.15) is 0 Å². The average molecular weight is 239 g/mol. The topological polar surface area (TPSA) is 68.5 Å². The fourth-order valence-electron chi connectivity index (χ4n) is 1.34. The van der Waals surface area contributed by atoms with Crippen LogP contribution < -0.4 is 5.56 Å². The highest BCUT2D eigenvalue weighted by Crippen LogP contribution is 1.96. The fraction of sp³-hybridized carbons (Fsp3) is 0.500. The Morgan fingerprint density at radius 2 is 2.18 bits per heavy atom. The van der Waals surface area contributed by atoms with E-state index in [1.54, 1.807) is 0 Å². The summed E-state index contributed by atoms with van der Waals surface area (Å²) in [6.07, 6.45) is 3.40. The number of hydrogen-bond acceptors (Lipinski definition) is 3. The molecular formula is C12H17NO4. The minimum Gasteiger partial charge on any atom is -0.478 e. The van der Waals surface area contributed by atoms with E-state index in [-0.39, 0.29) is 11.1 Å². The molecule has 0 aliphatic heterocycles. The lowest BCUT2D eigenvalue weighted by Gasteiger charge is -2.07. The molecule has 0 aromatic carbocycles. The SMILES string of the molecule is CCCCOCCn1cc(C(=O)O)ccc1=O. The van der Waals surface area contributed by atoms with Crippen molar-refractivity contribution >= 4 is 5.97 Å². The molecule has 0 spiro atoms. The molecule has 1 N–H and O–H groups in total. The van der Waals surface area contributed by atoms with Crippen LogP contribution in [0.1, 0.15) is 30.1 Å². The van der Waals surface area contributed by atoms with Crippen molar-refractivity contribution in [3.05, 3.63) is 34.2 Å². The van der Waals surface area contributed by atoms with Crippen LogP contribution in [0.25, 0.3) is 0 Å². The van der Waals surface area contributed by atoms with Gasteiger partial charge in [0.15, 0.2) is 0 Å². The number of carboxylic acid groups (broad SMARTS) is 1. The van der Waals surface area contributed by atoms with Crippen molar-refractivity contribution in [2.75, 3.05) is 13.2 Å². The Morgan fingerprint density at radius 3 is 2.82 bits per heavy atom. The van der Waals surface area contributed by atoms with Gasteiger partial charge in [0.25, 0.3) is 5.56 Å². The molecule has 0 bridgehead atoms. The lowest BCUT2D eigenvalue weighted by molar-refractivity contribution is 0.0695. The third kappa shape index (κ3) is 4.40. The molecule has 0 saturated heterocycles. The van der Waals surface area contributed by atoms with Crippen LogP contribution in [0.3, 0.4) is 0 Å². The monoisotopic (exact) mass is 239 g/mol. The first-order chi connectivity index (χ1) is 8.15. The second-order valence-electron chi connectivity index (χ2n) is 3.72. The van der Waals surface area contributed by atoms with Crippen LogP contribution in [-0.4, -0.2) is 28.9 Å². The number of carbonyl (C=O) groups is 1. The largest absolute Gasteiger partial charge is 0.478 e. The van der Waals surface area contributed by atoms with Crippen LogP contribution >= 0.6 is 0 Å². The normalized spacial score (nSPS) is 10.4. The van der Waals surface area contributed by atoms with E-state index >= 15 is 0 Å². The molecule has 0 unspecified atom stereocenters. The number of carboxylic acids is 1. The second kappa shape index (κ2) is 6.85. The molecule has 0 aliphatic rings. The van der Waals surface area contributed by atoms with Crippen LogP contribution in [-0.2, 0) is 11.3 Å². The smallest absolute Gasteiger partial charge is 0.337 e. The number of aromatic carboxylic acids is 1. The van der Waals surface area contributed by atoms with E-state index in [9.17, 15) is 9.59 Å². The van der Waals surface area contributed by atoms with Crippen LogP contribution in [0.5, 0.6) is 0 Å². The summed E-state index contributed by atoms with van der Waals surface area (Å²) in [6, 6.07) is 2.56. The highest BCUT2D eigenvalue weighted by Gasteiger charge is 2.04. The molecule has 1 rings (SSSR count). The molecule has 0 radical (unpaired) electrons. The zero-order valence-electron chi connectivity index (χ0n) is 9.89. The van der Waals surface area contributed by atoms with E-state index in [1.807, 2.05) is 0 Å². The summed E-state index contributed by atoms with van der Waals surface area (Å²) >= 11 is 0. The zero-order valence-corrected chi connectivity index (χ0v) is 9.89. The minimum atomic E-state index is -1.04. The fourth-order valence-corrected chi connectivity index (χ4v) is 1.34. The average Bonchev–Trinajstić information content (AvgIpc) is 2.30. The molecule has 17 heavy (non-hydrogen) atoms. The number of ether oxygens (including phenoxy) is 1. The highest BCUT2D eigenvalue weighted by atomic mass is 16.5. The van der Waals surface area contributed by atoms with Gasteiger partial charge in [0.05, 0.1) is 12.2 Å². The minimum absolute atomic E-state index is 0.109. The first-order valence-corrected chi connectivity index (χ1v) is 5.66. The molecule has 0 atom stereocenters. The van der Waals surface area contributed by atoms with Crippen LogP contribution in [0, 0.1) is 0 Å². The lowest BCUT2D eigenvalue weighted by atomic mass is 10.3. The van der Waals surface area contributed by atoms with Crippen molar-refractivity contribution in [3.8, 4) is 0 Å². The Bertz CT molecular complexity index is 425. The van der Waals surface area contributed by atoms with E-state index in [4.69, 9.17) is 9.84 Å². The van der Waals surface area contributed by atoms with Crippen LogP contribution in [0.4, 0.5) is 0 Å². The summed E-state index contributed by atoms with van der Waals surface area (Å²) in [4.78, 5) is 22.2. The molecule has 0 aliphatic carbocycles. The number of nitrogens with zero attached hydrogens (tertiary/aromatic N) is 1. The summed E-state index contributed by atoms with van der Waals surface area (Å²) in [5.74, 6) is -1.04. The summed E-state index contributed by atoms with van der Waals surface area (Å²) in [5.41, 5.74) is -0.104. The Balaban J connectivity index is 2.55. The van der Waals surface area contributed by atoms with Gasteiger partial charge in [-0.1, -0.05) is 13.3 Å². The van der Waals surface area contributed by atoms with Gasteiger partial charge in [-0.05, 0) is 12.5 Å². The molecular weight excluding hydrogens is 222 g/mol. The highest BCUT2D eigenvalue weighted by molar-refractivity contribution is 5.87. The number of rotatable bonds is 7. The van der Waals surface area contributed by atoms with Crippen molar-refractivity contribution in [2.24, 2.45) is 0 Å². The van der Waals surface area contributed by atoms with Gasteiger partial charge in [-0.3, -0.25) is 4.79 Å².